The summed E-state index contributed by atoms with van der Waals surface area (Å²) >= 11 is 3.62. The van der Waals surface area contributed by atoms with Gasteiger partial charge in [0.15, 0.2) is 0 Å². The second-order valence-electron chi connectivity index (χ2n) is 5.32. The molecule has 106 valence electrons. The molecule has 0 radical (unpaired) electrons. The Morgan fingerprint density at radius 2 is 1.95 bits per heavy atom. The van der Waals surface area contributed by atoms with E-state index in [4.69, 9.17) is 5.73 Å². The predicted molar refractivity (Wildman–Crippen MR) is 91.3 cm³/mol. The number of benzene rings is 2. The Balaban J connectivity index is 1.94. The molecule has 1 atom stereocenters. The lowest BCUT2D eigenvalue weighted by Crippen LogP contribution is -2.14. The molecule has 0 saturated heterocycles. The van der Waals surface area contributed by atoms with E-state index in [9.17, 15) is 0 Å². The molecule has 0 fully saturated rings. The molecule has 0 bridgehead atoms. The lowest BCUT2D eigenvalue weighted by atomic mass is 9.97. The van der Waals surface area contributed by atoms with Crippen LogP contribution in [0.2, 0.25) is 0 Å². The monoisotopic (exact) mass is 340 g/mol. The van der Waals surface area contributed by atoms with Crippen LogP contribution in [0.3, 0.4) is 0 Å². The number of aromatic nitrogens is 1. The highest BCUT2D eigenvalue weighted by atomic mass is 79.9. The molecule has 3 rings (SSSR count). The van der Waals surface area contributed by atoms with Gasteiger partial charge in [-0.3, -0.25) is 4.98 Å². The number of nitrogens with zero attached hydrogens (tertiary/aromatic N) is 1. The smallest absolute Gasteiger partial charge is 0.0704 e. The molecule has 0 spiro atoms. The number of fused-ring (bicyclic) bond motifs is 1. The van der Waals surface area contributed by atoms with Crippen LogP contribution in [0.5, 0.6) is 0 Å². The SMILES string of the molecule is Cc1ccc(C(N)Cc2ccnc3ccccc23)c(Br)c1. The van der Waals surface area contributed by atoms with Gasteiger partial charge in [-0.25, -0.2) is 0 Å². The van der Waals surface area contributed by atoms with Gasteiger partial charge in [0.25, 0.3) is 0 Å². The number of para-hydroxylation sites is 1. The fraction of sp³-hybridized carbons (Fsp3) is 0.167. The van der Waals surface area contributed by atoms with Crippen molar-refractivity contribution in [1.29, 1.82) is 0 Å². The average Bonchev–Trinajstić information content (AvgIpc) is 2.47. The maximum Gasteiger partial charge on any atom is 0.0704 e. The molecule has 3 heteroatoms. The fourth-order valence-corrected chi connectivity index (χ4v) is 3.40. The number of hydrogen-bond acceptors (Lipinski definition) is 2. The van der Waals surface area contributed by atoms with Crippen LogP contribution in [-0.2, 0) is 6.42 Å². The maximum absolute atomic E-state index is 6.42. The van der Waals surface area contributed by atoms with Gasteiger partial charge < -0.3 is 5.73 Å². The molecular weight excluding hydrogens is 324 g/mol. The van der Waals surface area contributed by atoms with Crippen molar-refractivity contribution in [1.82, 2.24) is 4.98 Å². The third kappa shape index (κ3) is 2.99. The van der Waals surface area contributed by atoms with Crippen molar-refractivity contribution in [3.05, 3.63) is 75.9 Å². The van der Waals surface area contributed by atoms with Crippen LogP contribution < -0.4 is 5.73 Å². The highest BCUT2D eigenvalue weighted by molar-refractivity contribution is 9.10. The average molecular weight is 341 g/mol. The number of pyridine rings is 1. The number of aryl methyl sites for hydroxylation is 1. The molecule has 2 N–H and O–H groups in total. The number of halogens is 1. The van der Waals surface area contributed by atoms with Gasteiger partial charge in [0.1, 0.15) is 0 Å². The standard InChI is InChI=1S/C18H17BrN2/c1-12-6-7-15(16(19)10-12)17(20)11-13-8-9-21-18-5-3-2-4-14(13)18/h2-10,17H,11,20H2,1H3. The summed E-state index contributed by atoms with van der Waals surface area (Å²) < 4.78 is 1.08. The zero-order valence-corrected chi connectivity index (χ0v) is 13.5. The first-order valence-corrected chi connectivity index (χ1v) is 7.78. The minimum atomic E-state index is -0.0363. The molecule has 2 aromatic carbocycles. The molecule has 1 aromatic heterocycles. The molecule has 3 aromatic rings. The van der Waals surface area contributed by atoms with Crippen LogP contribution in [0.15, 0.2) is 59.2 Å². The summed E-state index contributed by atoms with van der Waals surface area (Å²) in [5.41, 5.74) is 11.0. The van der Waals surface area contributed by atoms with E-state index in [1.54, 1.807) is 0 Å². The van der Waals surface area contributed by atoms with Crippen LogP contribution in [0.1, 0.15) is 22.7 Å². The first-order valence-electron chi connectivity index (χ1n) is 6.99. The van der Waals surface area contributed by atoms with Gasteiger partial charge in [-0.15, -0.1) is 0 Å². The largest absolute Gasteiger partial charge is 0.324 e. The molecule has 21 heavy (non-hydrogen) atoms. The maximum atomic E-state index is 6.42. The van der Waals surface area contributed by atoms with Gasteiger partial charge in [-0.05, 0) is 48.2 Å². The van der Waals surface area contributed by atoms with Crippen LogP contribution in [0, 0.1) is 6.92 Å². The van der Waals surface area contributed by atoms with Crippen molar-refractivity contribution in [3.63, 3.8) is 0 Å². The second kappa shape index (κ2) is 5.96. The quantitative estimate of drug-likeness (QED) is 0.759. The fourth-order valence-electron chi connectivity index (χ4n) is 2.61. The van der Waals surface area contributed by atoms with Gasteiger partial charge >= 0.3 is 0 Å². The van der Waals surface area contributed by atoms with E-state index in [0.29, 0.717) is 0 Å². The van der Waals surface area contributed by atoms with Gasteiger partial charge in [0, 0.05) is 22.1 Å². The molecule has 0 aliphatic rings. The third-order valence-electron chi connectivity index (χ3n) is 3.73. The Kier molecular flexibility index (Phi) is 4.04. The van der Waals surface area contributed by atoms with E-state index in [2.05, 4.69) is 58.2 Å². The van der Waals surface area contributed by atoms with Crippen molar-refractivity contribution < 1.29 is 0 Å². The number of rotatable bonds is 3. The molecule has 0 amide bonds. The summed E-state index contributed by atoms with van der Waals surface area (Å²) in [7, 11) is 0. The van der Waals surface area contributed by atoms with E-state index in [1.807, 2.05) is 24.4 Å². The van der Waals surface area contributed by atoms with Crippen LogP contribution in [-0.4, -0.2) is 4.98 Å². The molecule has 0 aliphatic heterocycles. The van der Waals surface area contributed by atoms with Gasteiger partial charge in [0.2, 0.25) is 0 Å². The lowest BCUT2D eigenvalue weighted by Gasteiger charge is -2.15. The highest BCUT2D eigenvalue weighted by Gasteiger charge is 2.12. The van der Waals surface area contributed by atoms with E-state index in [-0.39, 0.29) is 6.04 Å². The number of hydrogen-bond donors (Lipinski definition) is 1. The van der Waals surface area contributed by atoms with Crippen molar-refractivity contribution in [2.45, 2.75) is 19.4 Å². The molecule has 0 saturated carbocycles. The van der Waals surface area contributed by atoms with Crippen LogP contribution >= 0.6 is 15.9 Å². The van der Waals surface area contributed by atoms with Crippen molar-refractivity contribution >= 4 is 26.8 Å². The van der Waals surface area contributed by atoms with Gasteiger partial charge in [0.05, 0.1) is 5.52 Å². The minimum absolute atomic E-state index is 0.0363. The Labute approximate surface area is 133 Å². The Hall–Kier alpha value is -1.71. The Morgan fingerprint density at radius 1 is 1.14 bits per heavy atom. The third-order valence-corrected chi connectivity index (χ3v) is 4.42. The molecule has 0 aliphatic carbocycles. The van der Waals surface area contributed by atoms with Crippen molar-refractivity contribution in [3.8, 4) is 0 Å². The first kappa shape index (κ1) is 14.2. The minimum Gasteiger partial charge on any atom is -0.324 e. The second-order valence-corrected chi connectivity index (χ2v) is 6.18. The summed E-state index contributed by atoms with van der Waals surface area (Å²) in [5, 5.41) is 1.18. The molecule has 2 nitrogen and oxygen atoms in total. The molecule has 1 heterocycles. The van der Waals surface area contributed by atoms with Gasteiger partial charge in [-0.2, -0.15) is 0 Å². The van der Waals surface area contributed by atoms with Gasteiger partial charge in [-0.1, -0.05) is 46.3 Å². The zero-order valence-electron chi connectivity index (χ0n) is 11.9. The molecule has 1 unspecified atom stereocenters. The van der Waals surface area contributed by atoms with E-state index >= 15 is 0 Å². The number of nitrogens with two attached hydrogens (primary N) is 1. The van der Waals surface area contributed by atoms with E-state index in [1.165, 1.54) is 16.5 Å². The van der Waals surface area contributed by atoms with Crippen LogP contribution in [0.4, 0.5) is 0 Å². The topological polar surface area (TPSA) is 38.9 Å². The highest BCUT2D eigenvalue weighted by Crippen LogP contribution is 2.27. The zero-order chi connectivity index (χ0) is 14.8. The summed E-state index contributed by atoms with van der Waals surface area (Å²) in [6, 6.07) is 16.5. The normalized spacial score (nSPS) is 12.5. The Bertz CT molecular complexity index is 778. The summed E-state index contributed by atoms with van der Waals surface area (Å²) in [6.45, 7) is 2.08. The van der Waals surface area contributed by atoms with E-state index in [0.717, 1.165) is 22.0 Å². The summed E-state index contributed by atoms with van der Waals surface area (Å²) in [4.78, 5) is 4.40. The van der Waals surface area contributed by atoms with Crippen molar-refractivity contribution in [2.24, 2.45) is 5.73 Å². The Morgan fingerprint density at radius 3 is 2.76 bits per heavy atom. The lowest BCUT2D eigenvalue weighted by molar-refractivity contribution is 0.721. The van der Waals surface area contributed by atoms with E-state index < -0.39 is 0 Å². The summed E-state index contributed by atoms with van der Waals surface area (Å²) in [6.07, 6.45) is 2.65. The van der Waals surface area contributed by atoms with Crippen molar-refractivity contribution in [2.75, 3.05) is 0 Å². The predicted octanol–water partition coefficient (Wildman–Crippen LogP) is 4.55. The summed E-state index contributed by atoms with van der Waals surface area (Å²) in [5.74, 6) is 0. The first-order chi connectivity index (χ1) is 10.1. The van der Waals surface area contributed by atoms with Crippen LogP contribution in [0.25, 0.3) is 10.9 Å². The molecular formula is C18H17BrN2.